The second-order valence-corrected chi connectivity index (χ2v) is 5.67. The van der Waals surface area contributed by atoms with Crippen molar-refractivity contribution in [1.82, 2.24) is 5.32 Å². The minimum absolute atomic E-state index is 0.0134. The lowest BCUT2D eigenvalue weighted by Gasteiger charge is -2.26. The maximum atomic E-state index is 11.9. The number of Topliss-reactive ketones (excluding diaryl/α,β-unsaturated/α-hetero) is 1. The third kappa shape index (κ3) is 4.50. The molecule has 0 aromatic heterocycles. The Labute approximate surface area is 145 Å². The van der Waals surface area contributed by atoms with Gasteiger partial charge in [-0.2, -0.15) is 0 Å². The predicted molar refractivity (Wildman–Crippen MR) is 91.3 cm³/mol. The molecule has 130 valence electrons. The molecule has 3 rings (SSSR count). The number of para-hydroxylation sites is 2. The number of ketones is 1. The molecule has 6 heteroatoms. The van der Waals surface area contributed by atoms with Crippen molar-refractivity contribution in [3.8, 4) is 17.2 Å². The lowest BCUT2D eigenvalue weighted by atomic mass is 10.1. The largest absolute Gasteiger partial charge is 0.486 e. The van der Waals surface area contributed by atoms with E-state index in [0.717, 1.165) is 0 Å². The summed E-state index contributed by atoms with van der Waals surface area (Å²) in [4.78, 5) is 23.1. The van der Waals surface area contributed by atoms with E-state index in [-0.39, 0.29) is 24.4 Å². The Kier molecular flexibility index (Phi) is 5.18. The maximum Gasteiger partial charge on any atom is 0.258 e. The van der Waals surface area contributed by atoms with Crippen molar-refractivity contribution in [2.45, 2.75) is 13.0 Å². The summed E-state index contributed by atoms with van der Waals surface area (Å²) in [5.41, 5.74) is 0.603. The molecular weight excluding hydrogens is 322 g/mol. The highest BCUT2D eigenvalue weighted by Crippen LogP contribution is 2.30. The topological polar surface area (TPSA) is 73.9 Å². The number of fused-ring (bicyclic) bond motifs is 1. The van der Waals surface area contributed by atoms with Crippen LogP contribution in [0.25, 0.3) is 0 Å². The molecule has 2 aromatic carbocycles. The smallest absolute Gasteiger partial charge is 0.258 e. The van der Waals surface area contributed by atoms with Crippen molar-refractivity contribution in [3.05, 3.63) is 54.1 Å². The summed E-state index contributed by atoms with van der Waals surface area (Å²) in [6.45, 7) is 2.10. The van der Waals surface area contributed by atoms with Crippen LogP contribution in [0.4, 0.5) is 0 Å². The van der Waals surface area contributed by atoms with Crippen LogP contribution in [-0.4, -0.2) is 37.6 Å². The molecule has 6 nitrogen and oxygen atoms in total. The van der Waals surface area contributed by atoms with Gasteiger partial charge in [0.05, 0.1) is 6.54 Å². The van der Waals surface area contributed by atoms with Gasteiger partial charge in [0, 0.05) is 5.56 Å². The summed E-state index contributed by atoms with van der Waals surface area (Å²) in [6, 6.07) is 14.1. The number of hydrogen-bond donors (Lipinski definition) is 1. The van der Waals surface area contributed by atoms with Gasteiger partial charge < -0.3 is 19.5 Å². The van der Waals surface area contributed by atoms with E-state index in [1.54, 1.807) is 24.3 Å². The fraction of sp³-hybridized carbons (Fsp3) is 0.263. The van der Waals surface area contributed by atoms with Crippen LogP contribution in [0, 0.1) is 0 Å². The first-order chi connectivity index (χ1) is 12.1. The quantitative estimate of drug-likeness (QED) is 0.816. The third-order valence-electron chi connectivity index (χ3n) is 3.73. The van der Waals surface area contributed by atoms with Gasteiger partial charge in [-0.25, -0.2) is 0 Å². The Bertz CT molecular complexity index is 757. The van der Waals surface area contributed by atoms with Crippen LogP contribution in [0.2, 0.25) is 0 Å². The molecule has 1 unspecified atom stereocenters. The molecule has 0 radical (unpaired) electrons. The van der Waals surface area contributed by atoms with Gasteiger partial charge in [-0.05, 0) is 43.3 Å². The van der Waals surface area contributed by atoms with Crippen molar-refractivity contribution in [1.29, 1.82) is 0 Å². The molecule has 25 heavy (non-hydrogen) atoms. The average Bonchev–Trinajstić information content (AvgIpc) is 2.65. The van der Waals surface area contributed by atoms with Gasteiger partial charge in [0.15, 0.2) is 23.9 Å². The number of carbonyl (C=O) groups is 2. The molecule has 1 N–H and O–H groups in total. The number of ether oxygens (including phenoxy) is 3. The first-order valence-corrected chi connectivity index (χ1v) is 8.01. The molecule has 0 saturated carbocycles. The Balaban J connectivity index is 1.42. The summed E-state index contributed by atoms with van der Waals surface area (Å²) in [5, 5.41) is 2.76. The van der Waals surface area contributed by atoms with E-state index in [9.17, 15) is 9.59 Å². The molecule has 0 saturated heterocycles. The molecular formula is C19H19NO5. The van der Waals surface area contributed by atoms with E-state index in [1.807, 2.05) is 24.3 Å². The lowest BCUT2D eigenvalue weighted by Crippen LogP contribution is -2.42. The van der Waals surface area contributed by atoms with Crippen LogP contribution in [0.1, 0.15) is 17.3 Å². The second-order valence-electron chi connectivity index (χ2n) is 5.67. The number of nitrogens with one attached hydrogen (secondary N) is 1. The summed E-state index contributed by atoms with van der Waals surface area (Å²) >= 11 is 0. The number of carbonyl (C=O) groups excluding carboxylic acids is 2. The molecule has 0 bridgehead atoms. The fourth-order valence-corrected chi connectivity index (χ4v) is 2.38. The Morgan fingerprint density at radius 1 is 1.12 bits per heavy atom. The maximum absolute atomic E-state index is 11.9. The lowest BCUT2D eigenvalue weighted by molar-refractivity contribution is -0.123. The normalized spacial score (nSPS) is 15.3. The van der Waals surface area contributed by atoms with E-state index in [1.165, 1.54) is 6.92 Å². The zero-order valence-corrected chi connectivity index (χ0v) is 13.9. The number of benzene rings is 2. The summed E-state index contributed by atoms with van der Waals surface area (Å²) < 4.78 is 16.8. The minimum atomic E-state index is -0.252. The molecule has 0 fully saturated rings. The van der Waals surface area contributed by atoms with Crippen LogP contribution in [0.15, 0.2) is 48.5 Å². The summed E-state index contributed by atoms with van der Waals surface area (Å²) in [6.07, 6.45) is -0.242. The first kappa shape index (κ1) is 16.8. The Morgan fingerprint density at radius 2 is 1.84 bits per heavy atom. The number of rotatable bonds is 6. The van der Waals surface area contributed by atoms with Crippen LogP contribution in [0.3, 0.4) is 0 Å². The molecule has 1 amide bonds. The van der Waals surface area contributed by atoms with Gasteiger partial charge >= 0.3 is 0 Å². The molecule has 1 atom stereocenters. The highest BCUT2D eigenvalue weighted by Gasteiger charge is 2.21. The highest BCUT2D eigenvalue weighted by atomic mass is 16.6. The van der Waals surface area contributed by atoms with Crippen molar-refractivity contribution < 1.29 is 23.8 Å². The van der Waals surface area contributed by atoms with Crippen LogP contribution >= 0.6 is 0 Å². The monoisotopic (exact) mass is 341 g/mol. The van der Waals surface area contributed by atoms with E-state index in [4.69, 9.17) is 14.2 Å². The van der Waals surface area contributed by atoms with Gasteiger partial charge in [0.25, 0.3) is 5.91 Å². The number of hydrogen-bond acceptors (Lipinski definition) is 5. The van der Waals surface area contributed by atoms with E-state index < -0.39 is 0 Å². The highest BCUT2D eigenvalue weighted by molar-refractivity contribution is 5.94. The van der Waals surface area contributed by atoms with Crippen molar-refractivity contribution in [3.63, 3.8) is 0 Å². The molecule has 1 aliphatic heterocycles. The SMILES string of the molecule is CC(=O)c1ccc(OCC(=O)NCC2COc3ccccc3O2)cc1. The Morgan fingerprint density at radius 3 is 2.56 bits per heavy atom. The summed E-state index contributed by atoms with van der Waals surface area (Å²) in [7, 11) is 0. The van der Waals surface area contributed by atoms with Crippen LogP contribution < -0.4 is 19.5 Å². The second kappa shape index (κ2) is 7.70. The van der Waals surface area contributed by atoms with E-state index in [2.05, 4.69) is 5.32 Å². The molecule has 0 aliphatic carbocycles. The molecule has 1 heterocycles. The van der Waals surface area contributed by atoms with E-state index in [0.29, 0.717) is 36.0 Å². The average molecular weight is 341 g/mol. The first-order valence-electron chi connectivity index (χ1n) is 8.01. The van der Waals surface area contributed by atoms with Crippen molar-refractivity contribution in [2.75, 3.05) is 19.8 Å². The van der Waals surface area contributed by atoms with Crippen molar-refractivity contribution in [2.24, 2.45) is 0 Å². The standard InChI is InChI=1S/C19H19NO5/c1-13(21)14-6-8-15(9-7-14)23-12-19(22)20-10-16-11-24-17-4-2-3-5-18(17)25-16/h2-9,16H,10-12H2,1H3,(H,20,22). The van der Waals surface area contributed by atoms with Gasteiger partial charge in [0.1, 0.15) is 18.5 Å². The van der Waals surface area contributed by atoms with Crippen molar-refractivity contribution >= 4 is 11.7 Å². The fourth-order valence-electron chi connectivity index (χ4n) is 2.38. The van der Waals surface area contributed by atoms with Gasteiger partial charge in [0.2, 0.25) is 0 Å². The minimum Gasteiger partial charge on any atom is -0.486 e. The molecule has 0 spiro atoms. The Hall–Kier alpha value is -3.02. The van der Waals surface area contributed by atoms with Crippen LogP contribution in [0.5, 0.6) is 17.2 Å². The number of amides is 1. The predicted octanol–water partition coefficient (Wildman–Crippen LogP) is 2.22. The third-order valence-corrected chi connectivity index (χ3v) is 3.73. The van der Waals surface area contributed by atoms with E-state index >= 15 is 0 Å². The molecule has 1 aliphatic rings. The zero-order valence-electron chi connectivity index (χ0n) is 13.9. The van der Waals surface area contributed by atoms with Gasteiger partial charge in [-0.1, -0.05) is 12.1 Å². The zero-order chi connectivity index (χ0) is 17.6. The van der Waals surface area contributed by atoms with Gasteiger partial charge in [-0.15, -0.1) is 0 Å². The molecule has 2 aromatic rings. The summed E-state index contributed by atoms with van der Waals surface area (Å²) in [5.74, 6) is 1.65. The van der Waals surface area contributed by atoms with Crippen LogP contribution in [-0.2, 0) is 4.79 Å². The van der Waals surface area contributed by atoms with Gasteiger partial charge in [-0.3, -0.25) is 9.59 Å².